The van der Waals surface area contributed by atoms with Crippen LogP contribution in [0.4, 0.5) is 0 Å². The summed E-state index contributed by atoms with van der Waals surface area (Å²) in [6.45, 7) is 3.21. The average Bonchev–Trinajstić information content (AvgIpc) is 2.37. The summed E-state index contributed by atoms with van der Waals surface area (Å²) in [6, 6.07) is 6.54. The Hall–Kier alpha value is -0.770. The Morgan fingerprint density at radius 1 is 1.50 bits per heavy atom. The molecule has 1 atom stereocenters. The van der Waals surface area contributed by atoms with Crippen LogP contribution in [-0.2, 0) is 6.54 Å². The molecule has 4 heteroatoms. The normalized spacial score (nSPS) is 20.9. The number of likely N-dealkylation sites (tertiary alicyclic amines) is 1. The lowest BCUT2D eigenvalue weighted by Crippen LogP contribution is -2.43. The first-order valence-corrected chi connectivity index (χ1v) is 6.81. The SMILES string of the molecule is COc1ccc(CNC2CCCN(C)C2)cc1Cl. The number of hydrogen-bond acceptors (Lipinski definition) is 3. The molecule has 1 aromatic carbocycles. The quantitative estimate of drug-likeness (QED) is 0.908. The molecular weight excluding hydrogens is 248 g/mol. The van der Waals surface area contributed by atoms with Gasteiger partial charge in [0, 0.05) is 19.1 Å². The molecule has 0 aromatic heterocycles. The first-order valence-electron chi connectivity index (χ1n) is 6.43. The number of methoxy groups -OCH3 is 1. The molecular formula is C14H21ClN2O. The summed E-state index contributed by atoms with van der Waals surface area (Å²) in [7, 11) is 3.81. The van der Waals surface area contributed by atoms with E-state index < -0.39 is 0 Å². The Balaban J connectivity index is 1.88. The molecule has 0 bridgehead atoms. The van der Waals surface area contributed by atoms with E-state index in [-0.39, 0.29) is 0 Å². The topological polar surface area (TPSA) is 24.5 Å². The van der Waals surface area contributed by atoms with Gasteiger partial charge in [0.1, 0.15) is 5.75 Å². The second-order valence-electron chi connectivity index (χ2n) is 4.95. The molecule has 0 saturated carbocycles. The number of ether oxygens (including phenoxy) is 1. The molecule has 0 radical (unpaired) electrons. The molecule has 18 heavy (non-hydrogen) atoms. The van der Waals surface area contributed by atoms with Gasteiger partial charge in [-0.2, -0.15) is 0 Å². The third kappa shape index (κ3) is 3.61. The van der Waals surface area contributed by atoms with E-state index in [4.69, 9.17) is 16.3 Å². The lowest BCUT2D eigenvalue weighted by Gasteiger charge is -2.30. The molecule has 0 spiro atoms. The fraction of sp³-hybridized carbons (Fsp3) is 0.571. The van der Waals surface area contributed by atoms with Gasteiger partial charge in [-0.05, 0) is 44.1 Å². The summed E-state index contributed by atoms with van der Waals surface area (Å²) >= 11 is 6.11. The van der Waals surface area contributed by atoms with Gasteiger partial charge in [-0.15, -0.1) is 0 Å². The Morgan fingerprint density at radius 3 is 3.00 bits per heavy atom. The Kier molecular flexibility index (Phi) is 4.87. The van der Waals surface area contributed by atoms with Crippen molar-refractivity contribution >= 4 is 11.6 Å². The molecule has 1 aliphatic heterocycles. The maximum Gasteiger partial charge on any atom is 0.137 e. The van der Waals surface area contributed by atoms with Crippen molar-refractivity contribution < 1.29 is 4.74 Å². The fourth-order valence-corrected chi connectivity index (χ4v) is 2.70. The monoisotopic (exact) mass is 268 g/mol. The number of hydrogen-bond donors (Lipinski definition) is 1. The maximum absolute atomic E-state index is 6.11. The largest absolute Gasteiger partial charge is 0.495 e. The standard InChI is InChI=1S/C14H21ClN2O/c1-17-7-3-4-12(10-17)16-9-11-5-6-14(18-2)13(15)8-11/h5-6,8,12,16H,3-4,7,9-10H2,1-2H3. The van der Waals surface area contributed by atoms with Gasteiger partial charge < -0.3 is 15.0 Å². The molecule has 1 aliphatic rings. The lowest BCUT2D eigenvalue weighted by molar-refractivity contribution is 0.226. The van der Waals surface area contributed by atoms with E-state index in [0.717, 1.165) is 18.8 Å². The molecule has 100 valence electrons. The molecule has 1 aromatic rings. The van der Waals surface area contributed by atoms with Gasteiger partial charge in [0.25, 0.3) is 0 Å². The number of rotatable bonds is 4. The number of halogens is 1. The molecule has 0 aliphatic carbocycles. The van der Waals surface area contributed by atoms with Crippen LogP contribution >= 0.6 is 11.6 Å². The van der Waals surface area contributed by atoms with Crippen molar-refractivity contribution in [2.45, 2.75) is 25.4 Å². The van der Waals surface area contributed by atoms with Crippen LogP contribution in [0.1, 0.15) is 18.4 Å². The van der Waals surface area contributed by atoms with Crippen molar-refractivity contribution in [1.82, 2.24) is 10.2 Å². The van der Waals surface area contributed by atoms with Crippen molar-refractivity contribution in [3.63, 3.8) is 0 Å². The average molecular weight is 269 g/mol. The van der Waals surface area contributed by atoms with Gasteiger partial charge in [0.05, 0.1) is 12.1 Å². The fourth-order valence-electron chi connectivity index (χ4n) is 2.42. The number of nitrogens with zero attached hydrogens (tertiary/aromatic N) is 1. The van der Waals surface area contributed by atoms with Crippen LogP contribution < -0.4 is 10.1 Å². The van der Waals surface area contributed by atoms with E-state index in [1.165, 1.54) is 24.9 Å². The first-order chi connectivity index (χ1) is 8.69. The number of likely N-dealkylation sites (N-methyl/N-ethyl adjacent to an activating group) is 1. The van der Waals surface area contributed by atoms with Crippen LogP contribution in [0, 0.1) is 0 Å². The highest BCUT2D eigenvalue weighted by Crippen LogP contribution is 2.24. The third-order valence-electron chi connectivity index (χ3n) is 3.44. The van der Waals surface area contributed by atoms with Crippen LogP contribution in [0.15, 0.2) is 18.2 Å². The van der Waals surface area contributed by atoms with E-state index >= 15 is 0 Å². The van der Waals surface area contributed by atoms with Gasteiger partial charge in [0.15, 0.2) is 0 Å². The van der Waals surface area contributed by atoms with Crippen LogP contribution in [-0.4, -0.2) is 38.2 Å². The Morgan fingerprint density at radius 2 is 2.33 bits per heavy atom. The predicted octanol–water partition coefficient (Wildman–Crippen LogP) is 2.53. The zero-order valence-electron chi connectivity index (χ0n) is 11.1. The maximum atomic E-state index is 6.11. The highest BCUT2D eigenvalue weighted by Gasteiger charge is 2.16. The van der Waals surface area contributed by atoms with E-state index in [1.54, 1.807) is 7.11 Å². The smallest absolute Gasteiger partial charge is 0.137 e. The van der Waals surface area contributed by atoms with E-state index in [1.807, 2.05) is 12.1 Å². The van der Waals surface area contributed by atoms with Crippen LogP contribution in [0.25, 0.3) is 0 Å². The Bertz CT molecular complexity index is 397. The summed E-state index contributed by atoms with van der Waals surface area (Å²) in [5, 5.41) is 4.27. The van der Waals surface area contributed by atoms with Gasteiger partial charge >= 0.3 is 0 Å². The number of piperidine rings is 1. The molecule has 1 saturated heterocycles. The predicted molar refractivity (Wildman–Crippen MR) is 75.4 cm³/mol. The minimum Gasteiger partial charge on any atom is -0.495 e. The van der Waals surface area contributed by atoms with Gasteiger partial charge in [-0.1, -0.05) is 17.7 Å². The number of benzene rings is 1. The van der Waals surface area contributed by atoms with E-state index in [0.29, 0.717) is 11.1 Å². The highest BCUT2D eigenvalue weighted by atomic mass is 35.5. The summed E-state index contributed by atoms with van der Waals surface area (Å²) < 4.78 is 5.15. The minimum absolute atomic E-state index is 0.588. The second kappa shape index (κ2) is 6.41. The first kappa shape index (κ1) is 13.7. The summed E-state index contributed by atoms with van der Waals surface area (Å²) in [5.41, 5.74) is 1.20. The van der Waals surface area contributed by atoms with Crippen molar-refractivity contribution in [1.29, 1.82) is 0 Å². The zero-order valence-corrected chi connectivity index (χ0v) is 11.8. The van der Waals surface area contributed by atoms with Gasteiger partial charge in [-0.25, -0.2) is 0 Å². The summed E-state index contributed by atoms with van der Waals surface area (Å²) in [6.07, 6.45) is 2.53. The van der Waals surface area contributed by atoms with Crippen LogP contribution in [0.5, 0.6) is 5.75 Å². The molecule has 1 fully saturated rings. The van der Waals surface area contributed by atoms with Gasteiger partial charge in [0.2, 0.25) is 0 Å². The van der Waals surface area contributed by atoms with Crippen molar-refractivity contribution in [2.75, 3.05) is 27.2 Å². The van der Waals surface area contributed by atoms with Crippen molar-refractivity contribution in [3.05, 3.63) is 28.8 Å². The zero-order chi connectivity index (χ0) is 13.0. The molecule has 1 unspecified atom stereocenters. The lowest BCUT2D eigenvalue weighted by atomic mass is 10.1. The molecule has 1 heterocycles. The Labute approximate surface area is 114 Å². The van der Waals surface area contributed by atoms with Crippen molar-refractivity contribution in [2.24, 2.45) is 0 Å². The van der Waals surface area contributed by atoms with Gasteiger partial charge in [-0.3, -0.25) is 0 Å². The summed E-state index contributed by atoms with van der Waals surface area (Å²) in [4.78, 5) is 2.38. The van der Waals surface area contributed by atoms with Crippen molar-refractivity contribution in [3.8, 4) is 5.75 Å². The highest BCUT2D eigenvalue weighted by molar-refractivity contribution is 6.32. The third-order valence-corrected chi connectivity index (χ3v) is 3.73. The minimum atomic E-state index is 0.588. The van der Waals surface area contributed by atoms with E-state index in [9.17, 15) is 0 Å². The molecule has 1 N–H and O–H groups in total. The second-order valence-corrected chi connectivity index (χ2v) is 5.36. The molecule has 3 nitrogen and oxygen atoms in total. The summed E-state index contributed by atoms with van der Waals surface area (Å²) in [5.74, 6) is 0.734. The molecule has 2 rings (SSSR count). The van der Waals surface area contributed by atoms with E-state index in [2.05, 4.69) is 23.3 Å². The van der Waals surface area contributed by atoms with Crippen LogP contribution in [0.2, 0.25) is 5.02 Å². The van der Waals surface area contributed by atoms with Crippen LogP contribution in [0.3, 0.4) is 0 Å². The molecule has 0 amide bonds. The number of nitrogens with one attached hydrogen (secondary N) is 1.